The molecule has 0 spiro atoms. The van der Waals surface area contributed by atoms with Gasteiger partial charge in [0.15, 0.2) is 4.77 Å². The normalized spacial score (nSPS) is 11.1. The molecule has 0 amide bonds. The average molecular weight is 261 g/mol. The summed E-state index contributed by atoms with van der Waals surface area (Å²) in [4.78, 5) is 0. The zero-order chi connectivity index (χ0) is 13.1. The summed E-state index contributed by atoms with van der Waals surface area (Å²) in [5, 5.41) is 7.20. The molecule has 0 radical (unpaired) electrons. The largest absolute Gasteiger partial charge is 0.299 e. The minimum atomic E-state index is 0.367. The SMILES string of the molecule is CCc1ccccc1Cn1c(C(C)C)n[nH]c1=S. The van der Waals surface area contributed by atoms with Crippen LogP contribution in [0.25, 0.3) is 0 Å². The van der Waals surface area contributed by atoms with Crippen molar-refractivity contribution in [2.24, 2.45) is 0 Å². The molecule has 0 aliphatic carbocycles. The number of hydrogen-bond donors (Lipinski definition) is 1. The van der Waals surface area contributed by atoms with Crippen LogP contribution in [0.3, 0.4) is 0 Å². The first-order chi connectivity index (χ1) is 8.63. The first kappa shape index (κ1) is 13.0. The van der Waals surface area contributed by atoms with Gasteiger partial charge in [-0.25, -0.2) is 0 Å². The highest BCUT2D eigenvalue weighted by atomic mass is 32.1. The molecule has 2 rings (SSSR count). The first-order valence-electron chi connectivity index (χ1n) is 6.35. The molecule has 1 heterocycles. The van der Waals surface area contributed by atoms with Crippen LogP contribution in [0, 0.1) is 4.77 Å². The third kappa shape index (κ3) is 2.53. The number of benzene rings is 1. The van der Waals surface area contributed by atoms with Gasteiger partial charge in [-0.1, -0.05) is 45.0 Å². The molecule has 1 aromatic carbocycles. The molecule has 0 saturated heterocycles. The van der Waals surface area contributed by atoms with E-state index in [0.29, 0.717) is 10.7 Å². The van der Waals surface area contributed by atoms with Crippen LogP contribution in [0.2, 0.25) is 0 Å². The van der Waals surface area contributed by atoms with E-state index in [1.165, 1.54) is 11.1 Å². The van der Waals surface area contributed by atoms with E-state index in [0.717, 1.165) is 18.8 Å². The maximum atomic E-state index is 5.32. The van der Waals surface area contributed by atoms with Gasteiger partial charge in [-0.15, -0.1) is 0 Å². The Labute approximate surface area is 113 Å². The van der Waals surface area contributed by atoms with Gasteiger partial charge in [0.1, 0.15) is 5.82 Å². The van der Waals surface area contributed by atoms with Gasteiger partial charge in [-0.3, -0.25) is 9.67 Å². The highest BCUT2D eigenvalue weighted by Gasteiger charge is 2.11. The summed E-state index contributed by atoms with van der Waals surface area (Å²) in [6.07, 6.45) is 1.04. The quantitative estimate of drug-likeness (QED) is 0.852. The molecule has 0 bridgehead atoms. The zero-order valence-electron chi connectivity index (χ0n) is 11.1. The predicted molar refractivity (Wildman–Crippen MR) is 76.4 cm³/mol. The molecule has 3 nitrogen and oxygen atoms in total. The predicted octanol–water partition coefficient (Wildman–Crippen LogP) is 3.67. The van der Waals surface area contributed by atoms with Crippen LogP contribution in [0.4, 0.5) is 0 Å². The molecular formula is C14H19N3S. The van der Waals surface area contributed by atoms with E-state index in [4.69, 9.17) is 12.2 Å². The summed E-state index contributed by atoms with van der Waals surface area (Å²) >= 11 is 5.32. The van der Waals surface area contributed by atoms with Crippen LogP contribution in [0.5, 0.6) is 0 Å². The fraction of sp³-hybridized carbons (Fsp3) is 0.429. The van der Waals surface area contributed by atoms with Crippen molar-refractivity contribution in [3.05, 3.63) is 46.0 Å². The Kier molecular flexibility index (Phi) is 3.97. The van der Waals surface area contributed by atoms with Crippen LogP contribution in [0.15, 0.2) is 24.3 Å². The summed E-state index contributed by atoms with van der Waals surface area (Å²) < 4.78 is 2.79. The van der Waals surface area contributed by atoms with E-state index < -0.39 is 0 Å². The molecule has 4 heteroatoms. The number of rotatable bonds is 4. The van der Waals surface area contributed by atoms with Gasteiger partial charge >= 0.3 is 0 Å². The highest BCUT2D eigenvalue weighted by Crippen LogP contribution is 2.16. The van der Waals surface area contributed by atoms with Crippen molar-refractivity contribution in [3.8, 4) is 0 Å². The van der Waals surface area contributed by atoms with Crippen LogP contribution >= 0.6 is 12.2 Å². The van der Waals surface area contributed by atoms with E-state index in [9.17, 15) is 0 Å². The lowest BCUT2D eigenvalue weighted by atomic mass is 10.1. The van der Waals surface area contributed by atoms with Crippen molar-refractivity contribution in [1.29, 1.82) is 0 Å². The van der Waals surface area contributed by atoms with Gasteiger partial charge in [0.05, 0.1) is 6.54 Å². The maximum Gasteiger partial charge on any atom is 0.195 e. The Morgan fingerprint density at radius 3 is 2.56 bits per heavy atom. The number of H-pyrrole nitrogens is 1. The fourth-order valence-electron chi connectivity index (χ4n) is 2.15. The molecule has 1 N–H and O–H groups in total. The lowest BCUT2D eigenvalue weighted by Crippen LogP contribution is -2.08. The molecule has 0 fully saturated rings. The van der Waals surface area contributed by atoms with Gasteiger partial charge in [0.25, 0.3) is 0 Å². The van der Waals surface area contributed by atoms with Crippen molar-refractivity contribution in [3.63, 3.8) is 0 Å². The number of nitrogens with zero attached hydrogens (tertiary/aromatic N) is 2. The van der Waals surface area contributed by atoms with Crippen molar-refractivity contribution < 1.29 is 0 Å². The topological polar surface area (TPSA) is 33.6 Å². The summed E-state index contributed by atoms with van der Waals surface area (Å²) in [5.41, 5.74) is 2.69. The summed E-state index contributed by atoms with van der Waals surface area (Å²) in [5.74, 6) is 1.39. The minimum absolute atomic E-state index is 0.367. The van der Waals surface area contributed by atoms with E-state index in [-0.39, 0.29) is 0 Å². The molecule has 96 valence electrons. The summed E-state index contributed by atoms with van der Waals surface area (Å²) in [7, 11) is 0. The maximum absolute atomic E-state index is 5.32. The smallest absolute Gasteiger partial charge is 0.195 e. The second-order valence-corrected chi connectivity index (χ2v) is 5.14. The van der Waals surface area contributed by atoms with E-state index in [2.05, 4.69) is 59.8 Å². The van der Waals surface area contributed by atoms with Crippen LogP contribution in [-0.4, -0.2) is 14.8 Å². The lowest BCUT2D eigenvalue weighted by Gasteiger charge is -2.12. The van der Waals surface area contributed by atoms with Gasteiger partial charge in [0.2, 0.25) is 0 Å². The minimum Gasteiger partial charge on any atom is -0.299 e. The van der Waals surface area contributed by atoms with Gasteiger partial charge in [-0.2, -0.15) is 5.10 Å². The van der Waals surface area contributed by atoms with Crippen molar-refractivity contribution in [1.82, 2.24) is 14.8 Å². The zero-order valence-corrected chi connectivity index (χ0v) is 11.9. The van der Waals surface area contributed by atoms with Crippen molar-refractivity contribution in [2.45, 2.75) is 39.7 Å². The second kappa shape index (κ2) is 5.48. The Balaban J connectivity index is 2.40. The third-order valence-corrected chi connectivity index (χ3v) is 3.44. The van der Waals surface area contributed by atoms with Gasteiger partial charge < -0.3 is 0 Å². The number of aromatic amines is 1. The number of aryl methyl sites for hydroxylation is 1. The first-order valence-corrected chi connectivity index (χ1v) is 6.76. The van der Waals surface area contributed by atoms with Gasteiger partial charge in [-0.05, 0) is 29.8 Å². The monoisotopic (exact) mass is 261 g/mol. The molecule has 0 saturated carbocycles. The fourth-order valence-corrected chi connectivity index (χ4v) is 2.35. The summed E-state index contributed by atoms with van der Waals surface area (Å²) in [6.45, 7) is 7.24. The van der Waals surface area contributed by atoms with E-state index >= 15 is 0 Å². The molecule has 0 atom stereocenters. The van der Waals surface area contributed by atoms with Crippen LogP contribution in [0.1, 0.15) is 43.6 Å². The molecular weight excluding hydrogens is 242 g/mol. The number of hydrogen-bond acceptors (Lipinski definition) is 2. The van der Waals surface area contributed by atoms with Gasteiger partial charge in [0, 0.05) is 5.92 Å². The molecule has 0 aliphatic heterocycles. The summed E-state index contributed by atoms with van der Waals surface area (Å²) in [6, 6.07) is 8.50. The highest BCUT2D eigenvalue weighted by molar-refractivity contribution is 7.71. The third-order valence-electron chi connectivity index (χ3n) is 3.13. The van der Waals surface area contributed by atoms with Crippen LogP contribution in [-0.2, 0) is 13.0 Å². The van der Waals surface area contributed by atoms with E-state index in [1.54, 1.807) is 0 Å². The Bertz CT molecular complexity index is 581. The molecule has 1 aromatic heterocycles. The van der Waals surface area contributed by atoms with E-state index in [1.807, 2.05) is 0 Å². The standard InChI is InChI=1S/C14H19N3S/c1-4-11-7-5-6-8-12(11)9-17-13(10(2)3)15-16-14(17)18/h5-8,10H,4,9H2,1-3H3,(H,16,18). The number of aromatic nitrogens is 3. The Morgan fingerprint density at radius 1 is 1.28 bits per heavy atom. The average Bonchev–Trinajstić information content (AvgIpc) is 2.72. The molecule has 0 unspecified atom stereocenters. The van der Waals surface area contributed by atoms with Crippen molar-refractivity contribution in [2.75, 3.05) is 0 Å². The lowest BCUT2D eigenvalue weighted by molar-refractivity contribution is 0.661. The Hall–Kier alpha value is -1.42. The Morgan fingerprint density at radius 2 is 1.94 bits per heavy atom. The van der Waals surface area contributed by atoms with Crippen LogP contribution < -0.4 is 0 Å². The number of nitrogens with one attached hydrogen (secondary N) is 1. The second-order valence-electron chi connectivity index (χ2n) is 4.75. The molecule has 18 heavy (non-hydrogen) atoms. The molecule has 0 aliphatic rings. The van der Waals surface area contributed by atoms with Crippen molar-refractivity contribution >= 4 is 12.2 Å². The molecule has 2 aromatic rings.